The number of rotatable bonds is 3. The Labute approximate surface area is 114 Å². The zero-order chi connectivity index (χ0) is 14.9. The number of carboxylic acid groups (broad SMARTS) is 1. The molecule has 1 heterocycles. The van der Waals surface area contributed by atoms with Crippen molar-refractivity contribution in [2.45, 2.75) is 20.4 Å². The average molecular weight is 274 g/mol. The van der Waals surface area contributed by atoms with Crippen molar-refractivity contribution in [1.29, 1.82) is 0 Å². The molecule has 0 spiro atoms. The van der Waals surface area contributed by atoms with Crippen LogP contribution in [-0.2, 0) is 6.54 Å². The van der Waals surface area contributed by atoms with Crippen LogP contribution >= 0.6 is 0 Å². The molecule has 0 unspecified atom stereocenters. The number of hydrogen-bond donors (Lipinski definition) is 2. The Morgan fingerprint density at radius 2 is 1.95 bits per heavy atom. The standard InChI is InChI=1S/C14H14N2O4/c1-8-9(2)13(18)16(15-12(8)17)7-10-4-3-5-11(6-10)14(19)20/h3-6H,7H2,1-2H3,(H,15,17)(H,19,20). The zero-order valence-corrected chi connectivity index (χ0v) is 11.1. The topological polar surface area (TPSA) is 92.2 Å². The van der Waals surface area contributed by atoms with Crippen molar-refractivity contribution in [1.82, 2.24) is 9.78 Å². The number of aromatic amines is 1. The van der Waals surface area contributed by atoms with Crippen LogP contribution < -0.4 is 11.1 Å². The first-order chi connectivity index (χ1) is 9.40. The van der Waals surface area contributed by atoms with Crippen molar-refractivity contribution in [3.63, 3.8) is 0 Å². The highest BCUT2D eigenvalue weighted by Gasteiger charge is 2.09. The molecule has 1 aromatic carbocycles. The number of benzene rings is 1. The Bertz CT molecular complexity index is 786. The molecule has 0 bridgehead atoms. The third-order valence-corrected chi connectivity index (χ3v) is 3.22. The van der Waals surface area contributed by atoms with Gasteiger partial charge < -0.3 is 5.11 Å². The highest BCUT2D eigenvalue weighted by Crippen LogP contribution is 2.06. The Morgan fingerprint density at radius 3 is 2.60 bits per heavy atom. The minimum Gasteiger partial charge on any atom is -0.478 e. The van der Waals surface area contributed by atoms with Gasteiger partial charge in [-0.05, 0) is 31.5 Å². The van der Waals surface area contributed by atoms with E-state index in [-0.39, 0.29) is 23.2 Å². The molecule has 0 fully saturated rings. The zero-order valence-electron chi connectivity index (χ0n) is 11.1. The Morgan fingerprint density at radius 1 is 1.25 bits per heavy atom. The second-order valence-electron chi connectivity index (χ2n) is 4.59. The number of nitrogens with zero attached hydrogens (tertiary/aromatic N) is 1. The van der Waals surface area contributed by atoms with Gasteiger partial charge in [-0.1, -0.05) is 12.1 Å². The average Bonchev–Trinajstić information content (AvgIpc) is 2.42. The first-order valence-electron chi connectivity index (χ1n) is 6.02. The number of H-pyrrole nitrogens is 1. The van der Waals surface area contributed by atoms with E-state index in [1.54, 1.807) is 26.0 Å². The summed E-state index contributed by atoms with van der Waals surface area (Å²) < 4.78 is 1.19. The third-order valence-electron chi connectivity index (χ3n) is 3.22. The van der Waals surface area contributed by atoms with Crippen molar-refractivity contribution in [3.8, 4) is 0 Å². The molecule has 0 amide bonds. The van der Waals surface area contributed by atoms with Gasteiger partial charge in [-0.15, -0.1) is 0 Å². The van der Waals surface area contributed by atoms with Gasteiger partial charge in [0.25, 0.3) is 11.1 Å². The normalized spacial score (nSPS) is 10.5. The van der Waals surface area contributed by atoms with Gasteiger partial charge in [0.05, 0.1) is 12.1 Å². The molecule has 6 heteroatoms. The van der Waals surface area contributed by atoms with Crippen molar-refractivity contribution in [2.24, 2.45) is 0 Å². The van der Waals surface area contributed by atoms with E-state index >= 15 is 0 Å². The Kier molecular flexibility index (Phi) is 3.56. The number of carbonyl (C=O) groups is 1. The molecule has 0 saturated heterocycles. The molecule has 20 heavy (non-hydrogen) atoms. The molecule has 2 rings (SSSR count). The highest BCUT2D eigenvalue weighted by atomic mass is 16.4. The number of aromatic nitrogens is 2. The molecule has 2 aromatic rings. The van der Waals surface area contributed by atoms with Crippen molar-refractivity contribution in [2.75, 3.05) is 0 Å². The number of nitrogens with one attached hydrogen (secondary N) is 1. The van der Waals surface area contributed by atoms with Crippen LogP contribution in [0.15, 0.2) is 33.9 Å². The van der Waals surface area contributed by atoms with Crippen LogP contribution in [0.3, 0.4) is 0 Å². The van der Waals surface area contributed by atoms with Crippen LogP contribution in [0.2, 0.25) is 0 Å². The van der Waals surface area contributed by atoms with Crippen molar-refractivity contribution in [3.05, 3.63) is 67.2 Å². The van der Waals surface area contributed by atoms with Gasteiger partial charge in [0, 0.05) is 11.1 Å². The van der Waals surface area contributed by atoms with Crippen molar-refractivity contribution < 1.29 is 9.90 Å². The first-order valence-corrected chi connectivity index (χ1v) is 6.02. The van der Waals surface area contributed by atoms with Crippen LogP contribution in [0.25, 0.3) is 0 Å². The fourth-order valence-corrected chi connectivity index (χ4v) is 1.89. The summed E-state index contributed by atoms with van der Waals surface area (Å²) in [5.41, 5.74) is 0.945. The van der Waals surface area contributed by atoms with E-state index in [0.29, 0.717) is 16.7 Å². The monoisotopic (exact) mass is 274 g/mol. The van der Waals surface area contributed by atoms with Crippen molar-refractivity contribution >= 4 is 5.97 Å². The maximum Gasteiger partial charge on any atom is 0.335 e. The van der Waals surface area contributed by atoms with Gasteiger partial charge in [-0.25, -0.2) is 9.48 Å². The number of carboxylic acids is 1. The molecule has 0 aliphatic heterocycles. The predicted octanol–water partition coefficient (Wildman–Crippen LogP) is 0.900. The number of hydrogen-bond acceptors (Lipinski definition) is 3. The molecule has 0 aliphatic carbocycles. The quantitative estimate of drug-likeness (QED) is 0.869. The van der Waals surface area contributed by atoms with E-state index < -0.39 is 5.97 Å². The molecule has 1 aromatic heterocycles. The van der Waals surface area contributed by atoms with E-state index in [0.717, 1.165) is 0 Å². The van der Waals surface area contributed by atoms with E-state index in [1.165, 1.54) is 16.8 Å². The van der Waals surface area contributed by atoms with E-state index in [2.05, 4.69) is 5.10 Å². The minimum absolute atomic E-state index is 0.121. The second kappa shape index (κ2) is 5.16. The molecule has 0 atom stereocenters. The fourth-order valence-electron chi connectivity index (χ4n) is 1.89. The smallest absolute Gasteiger partial charge is 0.335 e. The lowest BCUT2D eigenvalue weighted by Crippen LogP contribution is -2.33. The van der Waals surface area contributed by atoms with Gasteiger partial charge in [0.2, 0.25) is 0 Å². The lowest BCUT2D eigenvalue weighted by molar-refractivity contribution is 0.0696. The van der Waals surface area contributed by atoms with E-state index in [1.807, 2.05) is 0 Å². The van der Waals surface area contributed by atoms with Crippen LogP contribution in [0.4, 0.5) is 0 Å². The summed E-state index contributed by atoms with van der Waals surface area (Å²) in [5, 5.41) is 11.4. The predicted molar refractivity (Wildman–Crippen MR) is 73.3 cm³/mol. The van der Waals surface area contributed by atoms with Crippen LogP contribution in [0, 0.1) is 13.8 Å². The summed E-state index contributed by atoms with van der Waals surface area (Å²) in [4.78, 5) is 34.6. The van der Waals surface area contributed by atoms with E-state index in [4.69, 9.17) is 5.11 Å². The second-order valence-corrected chi connectivity index (χ2v) is 4.59. The lowest BCUT2D eigenvalue weighted by Gasteiger charge is -2.08. The molecule has 0 saturated carbocycles. The van der Waals surface area contributed by atoms with Gasteiger partial charge in [-0.2, -0.15) is 0 Å². The van der Waals surface area contributed by atoms with Gasteiger partial charge >= 0.3 is 5.97 Å². The summed E-state index contributed by atoms with van der Waals surface area (Å²) in [7, 11) is 0. The van der Waals surface area contributed by atoms with Crippen LogP contribution in [0.5, 0.6) is 0 Å². The minimum atomic E-state index is -1.03. The Balaban J connectivity index is 2.46. The maximum absolute atomic E-state index is 12.0. The molecule has 0 aliphatic rings. The molecule has 0 radical (unpaired) electrons. The summed E-state index contributed by atoms with van der Waals surface area (Å²) >= 11 is 0. The van der Waals surface area contributed by atoms with Crippen LogP contribution in [0.1, 0.15) is 27.0 Å². The molecule has 6 nitrogen and oxygen atoms in total. The summed E-state index contributed by atoms with van der Waals surface area (Å²) in [6.07, 6.45) is 0. The highest BCUT2D eigenvalue weighted by molar-refractivity contribution is 5.87. The lowest BCUT2D eigenvalue weighted by atomic mass is 10.1. The van der Waals surface area contributed by atoms with Gasteiger partial charge in [-0.3, -0.25) is 14.7 Å². The van der Waals surface area contributed by atoms with E-state index in [9.17, 15) is 14.4 Å². The SMILES string of the molecule is Cc1c(C)c(=O)n(Cc2cccc(C(=O)O)c2)[nH]c1=O. The Hall–Kier alpha value is -2.63. The number of aromatic carboxylic acids is 1. The molecular formula is C14H14N2O4. The summed E-state index contributed by atoms with van der Waals surface area (Å²) in [5.74, 6) is -1.03. The van der Waals surface area contributed by atoms with Crippen LogP contribution in [-0.4, -0.2) is 20.9 Å². The fraction of sp³-hybridized carbons (Fsp3) is 0.214. The van der Waals surface area contributed by atoms with Gasteiger partial charge in [0.1, 0.15) is 0 Å². The molecule has 104 valence electrons. The van der Waals surface area contributed by atoms with Gasteiger partial charge in [0.15, 0.2) is 0 Å². The molecule has 2 N–H and O–H groups in total. The first kappa shape index (κ1) is 13.8. The summed E-state index contributed by atoms with van der Waals surface area (Å²) in [6.45, 7) is 3.30. The largest absolute Gasteiger partial charge is 0.478 e. The maximum atomic E-state index is 12.0. The molecular weight excluding hydrogens is 260 g/mol. The summed E-state index contributed by atoms with van der Waals surface area (Å²) in [6, 6.07) is 6.25. The third kappa shape index (κ3) is 2.54.